The predicted molar refractivity (Wildman–Crippen MR) is 312 cm³/mol. The van der Waals surface area contributed by atoms with E-state index < -0.39 is 0 Å². The largest absolute Gasteiger partial charge is 1.00 e. The molecule has 0 heterocycles. The van der Waals surface area contributed by atoms with Crippen molar-refractivity contribution in [2.24, 2.45) is 0 Å². The van der Waals surface area contributed by atoms with Crippen molar-refractivity contribution in [1.82, 2.24) is 0 Å². The number of hydrogen-bond acceptors (Lipinski definition) is 0. The maximum atomic E-state index is 8.01. The first-order valence-corrected chi connectivity index (χ1v) is 26.5. The summed E-state index contributed by atoms with van der Waals surface area (Å²) in [5.74, 6) is 1.80. The van der Waals surface area contributed by atoms with Gasteiger partial charge in [0.25, 0.3) is 0 Å². The topological polar surface area (TPSA) is 47.6 Å². The van der Waals surface area contributed by atoms with Crippen LogP contribution in [-0.2, 0) is 51.7 Å². The summed E-state index contributed by atoms with van der Waals surface area (Å²) in [5, 5.41) is 10.9. The fraction of sp³-hybridized carbons (Fsp3) is 0.182. The molecule has 10 aromatic rings. The van der Waals surface area contributed by atoms with Crippen molar-refractivity contribution in [3.8, 4) is 0 Å². The molecule has 0 unspecified atom stereocenters. The first-order valence-electron chi connectivity index (χ1n) is 24.5. The number of rotatable bonds is 8. The predicted octanol–water partition coefficient (Wildman–Crippen LogP) is 11.0. The van der Waals surface area contributed by atoms with Crippen molar-refractivity contribution in [3.05, 3.63) is 276 Å². The molecule has 0 fully saturated rings. The van der Waals surface area contributed by atoms with E-state index in [1.54, 1.807) is 0 Å². The molecule has 0 atom stereocenters. The molecule has 2 nitrogen and oxygen atoms in total. The van der Waals surface area contributed by atoms with Crippen LogP contribution in [0.5, 0.6) is 0 Å². The Bertz CT molecular complexity index is 2580. The minimum atomic E-state index is 0. The molecule has 380 valence electrons. The average Bonchev–Trinajstić information content (AvgIpc) is 4.07. The van der Waals surface area contributed by atoms with Crippen LogP contribution in [0.15, 0.2) is 243 Å². The molecule has 10 aromatic carbocycles. The standard InChI is InChI=1S/2C12H18N.2C12H10Si.2C9H7.2ClH.2Hf/c2*1-8(2)10-6-5-7-11(9(3)4)12(10)13;2*1-3-7-11(8-4-1)13-12-9-5-2-6-10-12;2*1-2-5-9-7-3-6-8(9)4-1;;;;/h2*5-9,13H,1-4H3;2*1-10H;2*1-7H;2*1H;;/q2*-1;;;2*-1;;;;/p-2. The fourth-order valence-corrected chi connectivity index (χ4v) is 9.76. The molecule has 10 rings (SSSR count). The number of halogens is 2. The van der Waals surface area contributed by atoms with Crippen molar-refractivity contribution < 1.29 is 76.5 Å². The van der Waals surface area contributed by atoms with E-state index in [-0.39, 0.29) is 76.5 Å². The van der Waals surface area contributed by atoms with Gasteiger partial charge in [-0.15, -0.1) is 70.7 Å². The molecule has 0 aliphatic heterocycles. The summed E-state index contributed by atoms with van der Waals surface area (Å²) in [7, 11) is 1.55. The van der Waals surface area contributed by atoms with Crippen LogP contribution >= 0.6 is 0 Å². The van der Waals surface area contributed by atoms with Gasteiger partial charge in [-0.05, 0) is 23.7 Å². The molecule has 0 saturated carbocycles. The van der Waals surface area contributed by atoms with E-state index in [4.69, 9.17) is 11.5 Å². The third kappa shape index (κ3) is 23.1. The molecule has 0 saturated heterocycles. The number of hydrogen-bond donors (Lipinski definition) is 0. The first-order chi connectivity index (χ1) is 33.9. The Balaban J connectivity index is 0.000000441. The third-order valence-corrected chi connectivity index (χ3v) is 14.0. The maximum absolute atomic E-state index is 8.01. The smallest absolute Gasteiger partial charge is 0.121 e. The number of fused-ring (bicyclic) bond motifs is 2. The Kier molecular flexibility index (Phi) is 33.8. The molecule has 4 radical (unpaired) electrons. The Hall–Kier alpha value is -4.67. The van der Waals surface area contributed by atoms with Crippen LogP contribution in [0.2, 0.25) is 0 Å². The zero-order chi connectivity index (χ0) is 50.1. The van der Waals surface area contributed by atoms with Gasteiger partial charge in [0.15, 0.2) is 0 Å². The fourth-order valence-electron chi connectivity index (χ4n) is 7.66. The monoisotopic (exact) mass is 1380 g/mol. The van der Waals surface area contributed by atoms with Gasteiger partial charge >= 0.3 is 0 Å². The third-order valence-electron chi connectivity index (χ3n) is 11.5. The summed E-state index contributed by atoms with van der Waals surface area (Å²) in [6.07, 6.45) is 0. The molecule has 0 aromatic heterocycles. The quantitative estimate of drug-likeness (QED) is 0.108. The van der Waals surface area contributed by atoms with Crippen LogP contribution in [0, 0.1) is 0 Å². The SMILES string of the molecule is CC(C)c1cccc(C(C)C)c1[NH-].CC(C)c1cccc(C(C)C)c1[NH-].[Cl-].[Cl-].[Hf].[Hf].c1ccc([Si]c2ccccc2)cc1.c1ccc([Si]c2ccccc2)cc1.c1ccc2[cH-]ccc2c1.c1ccc2[cH-]ccc2c1. The molecule has 2 N–H and O–H groups in total. The van der Waals surface area contributed by atoms with Crippen LogP contribution in [0.25, 0.3) is 33.0 Å². The van der Waals surface area contributed by atoms with Gasteiger partial charge in [-0.1, -0.05) is 268 Å². The van der Waals surface area contributed by atoms with E-state index in [1.807, 2.05) is 0 Å². The summed E-state index contributed by atoms with van der Waals surface area (Å²) in [6, 6.07) is 84.0. The normalized spacial score (nSPS) is 9.89. The molecular weight excluding hydrogens is 1300 g/mol. The van der Waals surface area contributed by atoms with Gasteiger partial charge < -0.3 is 36.3 Å². The van der Waals surface area contributed by atoms with Crippen molar-refractivity contribution in [3.63, 3.8) is 0 Å². The van der Waals surface area contributed by atoms with Crippen LogP contribution in [0.3, 0.4) is 0 Å². The molecular formula is C66H70Cl2Hf2N2Si2-6. The van der Waals surface area contributed by atoms with Gasteiger partial charge in [0.1, 0.15) is 19.0 Å². The maximum Gasteiger partial charge on any atom is 0.121 e. The van der Waals surface area contributed by atoms with E-state index in [9.17, 15) is 0 Å². The molecule has 0 aliphatic rings. The zero-order valence-corrected chi connectivity index (χ0v) is 54.9. The summed E-state index contributed by atoms with van der Waals surface area (Å²) in [4.78, 5) is 0. The second kappa shape index (κ2) is 37.1. The van der Waals surface area contributed by atoms with Gasteiger partial charge in [0.05, 0.1) is 0 Å². The molecule has 8 heteroatoms. The van der Waals surface area contributed by atoms with Crippen LogP contribution in [-0.4, -0.2) is 19.0 Å². The number of nitrogens with one attached hydrogen (secondary N) is 2. The summed E-state index contributed by atoms with van der Waals surface area (Å²) in [6.45, 7) is 17.1. The van der Waals surface area contributed by atoms with E-state index in [1.165, 1.54) is 42.3 Å². The molecule has 0 spiro atoms. The minimum Gasteiger partial charge on any atom is -1.00 e. The van der Waals surface area contributed by atoms with Crippen molar-refractivity contribution in [1.29, 1.82) is 0 Å². The minimum absolute atomic E-state index is 0. The Morgan fingerprint density at radius 3 is 0.757 bits per heavy atom. The first kappa shape index (κ1) is 67.3. The van der Waals surface area contributed by atoms with Crippen LogP contribution in [0.4, 0.5) is 11.4 Å². The van der Waals surface area contributed by atoms with Gasteiger partial charge in [-0.25, -0.2) is 0 Å². The molecule has 0 aliphatic carbocycles. The van der Waals surface area contributed by atoms with Crippen LogP contribution < -0.4 is 45.6 Å². The van der Waals surface area contributed by atoms with Crippen LogP contribution in [0.1, 0.15) is 101 Å². The van der Waals surface area contributed by atoms with E-state index >= 15 is 0 Å². The van der Waals surface area contributed by atoms with Gasteiger partial charge in [-0.3, -0.25) is 0 Å². The van der Waals surface area contributed by atoms with E-state index in [2.05, 4.69) is 298 Å². The molecule has 0 bridgehead atoms. The van der Waals surface area contributed by atoms with Gasteiger partial charge in [0, 0.05) is 51.7 Å². The molecule has 0 amide bonds. The van der Waals surface area contributed by atoms with Crippen molar-refractivity contribution >= 4 is 72.7 Å². The van der Waals surface area contributed by atoms with Gasteiger partial charge in [0.2, 0.25) is 0 Å². The Morgan fingerprint density at radius 2 is 0.527 bits per heavy atom. The zero-order valence-electron chi connectivity index (χ0n) is 44.2. The summed E-state index contributed by atoms with van der Waals surface area (Å²) < 4.78 is 0. The summed E-state index contributed by atoms with van der Waals surface area (Å²) in [5.41, 5.74) is 22.1. The second-order valence-corrected chi connectivity index (χ2v) is 21.1. The second-order valence-electron chi connectivity index (χ2n) is 18.3. The van der Waals surface area contributed by atoms with Gasteiger partial charge in [-0.2, -0.15) is 35.0 Å². The number of benzene rings is 8. The summed E-state index contributed by atoms with van der Waals surface area (Å²) >= 11 is 0. The van der Waals surface area contributed by atoms with E-state index in [0.29, 0.717) is 23.7 Å². The molecule has 74 heavy (non-hydrogen) atoms. The van der Waals surface area contributed by atoms with Crippen molar-refractivity contribution in [2.75, 3.05) is 0 Å². The van der Waals surface area contributed by atoms with Crippen molar-refractivity contribution in [2.45, 2.75) is 79.1 Å². The average molecular weight is 1380 g/mol. The Morgan fingerprint density at radius 1 is 0.297 bits per heavy atom. The Labute approximate surface area is 500 Å². The van der Waals surface area contributed by atoms with E-state index in [0.717, 1.165) is 52.7 Å².